The van der Waals surface area contributed by atoms with E-state index in [2.05, 4.69) is 5.10 Å². The molecule has 1 aliphatic heterocycles. The highest BCUT2D eigenvalue weighted by molar-refractivity contribution is 5.94. The molecule has 0 saturated carbocycles. The molecule has 1 unspecified atom stereocenters. The maximum atomic E-state index is 12.6. The van der Waals surface area contributed by atoms with E-state index in [4.69, 9.17) is 5.11 Å². The minimum absolute atomic E-state index is 0.0704. The Bertz CT molecular complexity index is 439. The van der Waals surface area contributed by atoms with Gasteiger partial charge in [0, 0.05) is 12.5 Å². The molecule has 2 rings (SSSR count). The maximum absolute atomic E-state index is 12.6. The fourth-order valence-corrected chi connectivity index (χ4v) is 1.74. The van der Waals surface area contributed by atoms with Crippen molar-refractivity contribution in [3.8, 4) is 5.75 Å². The average molecular weight is 244 g/mol. The molecule has 0 aromatic heterocycles. The molecule has 3 nitrogen and oxygen atoms in total. The van der Waals surface area contributed by atoms with Crippen LogP contribution in [-0.2, 0) is 0 Å². The van der Waals surface area contributed by atoms with Crippen molar-refractivity contribution in [2.24, 2.45) is 11.0 Å². The largest absolute Gasteiger partial charge is 0.508 e. The Morgan fingerprint density at radius 1 is 1.29 bits per heavy atom. The second kappa shape index (κ2) is 3.94. The number of hydrazone groups is 1. The van der Waals surface area contributed by atoms with Gasteiger partial charge in [-0.25, -0.2) is 0 Å². The molecule has 0 aliphatic carbocycles. The summed E-state index contributed by atoms with van der Waals surface area (Å²) in [6.45, 7) is 1.69. The van der Waals surface area contributed by atoms with Gasteiger partial charge < -0.3 is 5.11 Å². The molecule has 1 atom stereocenters. The van der Waals surface area contributed by atoms with E-state index in [9.17, 15) is 13.2 Å². The Morgan fingerprint density at radius 3 is 2.35 bits per heavy atom. The standard InChI is InChI=1S/C11H11F3N2O/c1-7-6-16(15-10(7)11(12,13)14)8-2-4-9(17)5-3-8/h2-5,7,17H,6H2,1H3. The highest BCUT2D eigenvalue weighted by Gasteiger charge is 2.43. The van der Waals surface area contributed by atoms with Crippen LogP contribution in [0.1, 0.15) is 6.92 Å². The Morgan fingerprint density at radius 2 is 1.88 bits per heavy atom. The van der Waals surface area contributed by atoms with Gasteiger partial charge in [-0.15, -0.1) is 0 Å². The van der Waals surface area contributed by atoms with Crippen molar-refractivity contribution in [1.82, 2.24) is 0 Å². The van der Waals surface area contributed by atoms with E-state index < -0.39 is 17.8 Å². The Hall–Kier alpha value is -1.72. The van der Waals surface area contributed by atoms with E-state index in [0.717, 1.165) is 0 Å². The molecule has 0 radical (unpaired) electrons. The van der Waals surface area contributed by atoms with Crippen molar-refractivity contribution in [2.45, 2.75) is 13.1 Å². The number of rotatable bonds is 1. The van der Waals surface area contributed by atoms with Gasteiger partial charge in [0.25, 0.3) is 0 Å². The first-order chi connectivity index (χ1) is 7.88. The van der Waals surface area contributed by atoms with Crippen LogP contribution in [0, 0.1) is 5.92 Å². The molecule has 0 saturated heterocycles. The van der Waals surface area contributed by atoms with E-state index in [1.54, 1.807) is 0 Å². The third kappa shape index (κ3) is 2.35. The Balaban J connectivity index is 2.26. The van der Waals surface area contributed by atoms with Crippen molar-refractivity contribution in [1.29, 1.82) is 0 Å². The van der Waals surface area contributed by atoms with Gasteiger partial charge in [-0.1, -0.05) is 6.92 Å². The van der Waals surface area contributed by atoms with Crippen molar-refractivity contribution >= 4 is 11.4 Å². The fraction of sp³-hybridized carbons (Fsp3) is 0.364. The molecule has 1 heterocycles. The summed E-state index contributed by atoms with van der Waals surface area (Å²) in [5, 5.41) is 14.0. The topological polar surface area (TPSA) is 35.8 Å². The minimum atomic E-state index is -4.38. The first kappa shape index (κ1) is 11.8. The lowest BCUT2D eigenvalue weighted by molar-refractivity contribution is -0.0616. The fourth-order valence-electron chi connectivity index (χ4n) is 1.74. The lowest BCUT2D eigenvalue weighted by atomic mass is 10.1. The molecule has 1 aromatic rings. The monoisotopic (exact) mass is 244 g/mol. The third-order valence-corrected chi connectivity index (χ3v) is 2.58. The molecule has 0 spiro atoms. The van der Waals surface area contributed by atoms with Crippen LogP contribution in [0.2, 0.25) is 0 Å². The lowest BCUT2D eigenvalue weighted by Crippen LogP contribution is -2.27. The van der Waals surface area contributed by atoms with Gasteiger partial charge in [0.05, 0.1) is 5.69 Å². The first-order valence-corrected chi connectivity index (χ1v) is 5.10. The minimum Gasteiger partial charge on any atom is -0.508 e. The summed E-state index contributed by atoms with van der Waals surface area (Å²) in [5.41, 5.74) is -0.223. The number of hydrogen-bond acceptors (Lipinski definition) is 3. The Labute approximate surface area is 96.2 Å². The predicted molar refractivity (Wildman–Crippen MR) is 58.1 cm³/mol. The molecule has 0 bridgehead atoms. The van der Waals surface area contributed by atoms with Crippen LogP contribution in [-0.4, -0.2) is 23.5 Å². The van der Waals surface area contributed by atoms with Crippen LogP contribution in [0.4, 0.5) is 18.9 Å². The zero-order chi connectivity index (χ0) is 12.6. The lowest BCUT2D eigenvalue weighted by Gasteiger charge is -2.14. The van der Waals surface area contributed by atoms with Gasteiger partial charge in [0.1, 0.15) is 11.5 Å². The predicted octanol–water partition coefficient (Wildman–Crippen LogP) is 2.77. The molecule has 0 amide bonds. The second-order valence-electron chi connectivity index (χ2n) is 3.98. The molecule has 17 heavy (non-hydrogen) atoms. The highest BCUT2D eigenvalue weighted by Crippen LogP contribution is 2.30. The number of anilines is 1. The number of aromatic hydroxyl groups is 1. The van der Waals surface area contributed by atoms with E-state index in [1.807, 2.05) is 0 Å². The highest BCUT2D eigenvalue weighted by atomic mass is 19.4. The van der Waals surface area contributed by atoms with Gasteiger partial charge in [-0.2, -0.15) is 18.3 Å². The van der Waals surface area contributed by atoms with Gasteiger partial charge in [0.15, 0.2) is 0 Å². The number of nitrogens with zero attached hydrogens (tertiary/aromatic N) is 2. The summed E-state index contributed by atoms with van der Waals surface area (Å²) < 4.78 is 37.7. The number of halogens is 3. The summed E-state index contributed by atoms with van der Waals surface area (Å²) in [4.78, 5) is 0. The van der Waals surface area contributed by atoms with Crippen molar-refractivity contribution in [3.63, 3.8) is 0 Å². The number of phenolic OH excluding ortho intramolecular Hbond substituents is 1. The normalized spacial score (nSPS) is 20.6. The Kier molecular flexibility index (Phi) is 2.73. The summed E-state index contributed by atoms with van der Waals surface area (Å²) in [5.74, 6) is -0.579. The maximum Gasteiger partial charge on any atom is 0.431 e. The zero-order valence-electron chi connectivity index (χ0n) is 9.07. The van der Waals surface area contributed by atoms with Gasteiger partial charge in [-0.3, -0.25) is 5.01 Å². The first-order valence-electron chi connectivity index (χ1n) is 5.10. The van der Waals surface area contributed by atoms with Crippen LogP contribution in [0.5, 0.6) is 5.75 Å². The van der Waals surface area contributed by atoms with E-state index in [-0.39, 0.29) is 12.3 Å². The summed E-state index contributed by atoms with van der Waals surface area (Å²) in [7, 11) is 0. The van der Waals surface area contributed by atoms with E-state index in [0.29, 0.717) is 5.69 Å². The smallest absolute Gasteiger partial charge is 0.431 e. The molecule has 1 aliphatic rings. The summed E-state index contributed by atoms with van der Waals surface area (Å²) >= 11 is 0. The molecule has 92 valence electrons. The molecule has 1 N–H and O–H groups in total. The average Bonchev–Trinajstić information content (AvgIpc) is 2.61. The van der Waals surface area contributed by atoms with Crippen molar-refractivity contribution < 1.29 is 18.3 Å². The van der Waals surface area contributed by atoms with Crippen molar-refractivity contribution in [3.05, 3.63) is 24.3 Å². The summed E-state index contributed by atoms with van der Waals surface area (Å²) in [6, 6.07) is 5.90. The molecular formula is C11H11F3N2O. The van der Waals surface area contributed by atoms with Gasteiger partial charge in [0.2, 0.25) is 0 Å². The molecule has 0 fully saturated rings. The number of phenols is 1. The van der Waals surface area contributed by atoms with Crippen LogP contribution in [0.25, 0.3) is 0 Å². The third-order valence-electron chi connectivity index (χ3n) is 2.58. The quantitative estimate of drug-likeness (QED) is 0.824. The van der Waals surface area contributed by atoms with E-state index >= 15 is 0 Å². The van der Waals surface area contributed by atoms with Crippen LogP contribution in [0.15, 0.2) is 29.4 Å². The number of alkyl halides is 3. The molecule has 6 heteroatoms. The van der Waals surface area contributed by atoms with Gasteiger partial charge in [-0.05, 0) is 24.3 Å². The summed E-state index contributed by atoms with van der Waals surface area (Å²) in [6.07, 6.45) is -4.38. The zero-order valence-corrected chi connectivity index (χ0v) is 9.07. The van der Waals surface area contributed by atoms with Crippen molar-refractivity contribution in [2.75, 3.05) is 11.6 Å². The number of hydrogen-bond donors (Lipinski definition) is 1. The molecule has 1 aromatic carbocycles. The van der Waals surface area contributed by atoms with Crippen LogP contribution in [0.3, 0.4) is 0 Å². The van der Waals surface area contributed by atoms with Gasteiger partial charge >= 0.3 is 6.18 Å². The second-order valence-corrected chi connectivity index (χ2v) is 3.98. The number of benzene rings is 1. The van der Waals surface area contributed by atoms with E-state index in [1.165, 1.54) is 36.2 Å². The van der Waals surface area contributed by atoms with Crippen LogP contribution < -0.4 is 5.01 Å². The van der Waals surface area contributed by atoms with Crippen LogP contribution >= 0.6 is 0 Å². The molecular weight excluding hydrogens is 233 g/mol. The SMILES string of the molecule is CC1CN(c2ccc(O)cc2)N=C1C(F)(F)F.